The van der Waals surface area contributed by atoms with Crippen LogP contribution < -0.4 is 11.3 Å². The Morgan fingerprint density at radius 1 is 1.38 bits per heavy atom. The maximum atomic E-state index is 10.9. The molecule has 0 aromatic carbocycles. The van der Waals surface area contributed by atoms with E-state index in [0.29, 0.717) is 19.1 Å². The second-order valence-corrected chi connectivity index (χ2v) is 4.93. The molecule has 0 bridgehead atoms. The van der Waals surface area contributed by atoms with Gasteiger partial charge in [-0.1, -0.05) is 13.8 Å². The van der Waals surface area contributed by atoms with Crippen LogP contribution in [0.4, 0.5) is 0 Å². The normalized spacial score (nSPS) is 30.1. The van der Waals surface area contributed by atoms with Crippen molar-refractivity contribution in [2.45, 2.75) is 52.1 Å². The molecule has 1 aliphatic rings. The topological polar surface area (TPSA) is 64.3 Å². The molecule has 3 atom stereocenters. The van der Waals surface area contributed by atoms with Gasteiger partial charge in [-0.25, -0.2) is 5.84 Å². The van der Waals surface area contributed by atoms with Crippen molar-refractivity contribution in [1.29, 1.82) is 0 Å². The summed E-state index contributed by atoms with van der Waals surface area (Å²) in [7, 11) is 0. The van der Waals surface area contributed by atoms with Crippen molar-refractivity contribution in [1.82, 2.24) is 5.43 Å². The average molecular weight is 228 g/mol. The second-order valence-electron chi connectivity index (χ2n) is 4.93. The number of hydrogen-bond acceptors (Lipinski definition) is 3. The molecule has 1 aliphatic carbocycles. The summed E-state index contributed by atoms with van der Waals surface area (Å²) >= 11 is 0. The summed E-state index contributed by atoms with van der Waals surface area (Å²) < 4.78 is 5.78. The third kappa shape index (κ3) is 4.49. The molecule has 1 saturated carbocycles. The van der Waals surface area contributed by atoms with Crippen LogP contribution in [0.15, 0.2) is 0 Å². The molecule has 0 saturated heterocycles. The monoisotopic (exact) mass is 228 g/mol. The van der Waals surface area contributed by atoms with E-state index in [2.05, 4.69) is 19.3 Å². The van der Waals surface area contributed by atoms with Gasteiger partial charge in [0.05, 0.1) is 6.10 Å². The highest BCUT2D eigenvalue weighted by Gasteiger charge is 2.24. The van der Waals surface area contributed by atoms with E-state index in [1.165, 1.54) is 6.42 Å². The lowest BCUT2D eigenvalue weighted by Crippen LogP contribution is -2.30. The summed E-state index contributed by atoms with van der Waals surface area (Å²) in [6.07, 6.45) is 5.18. The van der Waals surface area contributed by atoms with Crippen LogP contribution in [-0.2, 0) is 9.53 Å². The van der Waals surface area contributed by atoms with Crippen molar-refractivity contribution in [2.75, 3.05) is 6.61 Å². The van der Waals surface area contributed by atoms with Gasteiger partial charge in [-0.2, -0.15) is 0 Å². The molecule has 4 nitrogen and oxygen atoms in total. The molecule has 16 heavy (non-hydrogen) atoms. The lowest BCUT2D eigenvalue weighted by atomic mass is 9.80. The Labute approximate surface area is 97.9 Å². The van der Waals surface area contributed by atoms with Gasteiger partial charge in [-0.05, 0) is 37.5 Å². The quantitative estimate of drug-likeness (QED) is 0.325. The first-order valence-corrected chi connectivity index (χ1v) is 6.24. The molecule has 0 aromatic heterocycles. The van der Waals surface area contributed by atoms with Gasteiger partial charge in [0.2, 0.25) is 5.91 Å². The molecule has 0 heterocycles. The van der Waals surface area contributed by atoms with E-state index in [0.717, 1.165) is 31.1 Å². The molecule has 3 N–H and O–H groups in total. The minimum absolute atomic E-state index is 0.116. The number of carbonyl (C=O) groups excluding carboxylic acids is 1. The van der Waals surface area contributed by atoms with Crippen LogP contribution in [0.3, 0.4) is 0 Å². The minimum atomic E-state index is -0.116. The smallest absolute Gasteiger partial charge is 0.233 e. The van der Waals surface area contributed by atoms with Crippen molar-refractivity contribution in [3.05, 3.63) is 0 Å². The largest absolute Gasteiger partial charge is 0.378 e. The number of carbonyl (C=O) groups is 1. The van der Waals surface area contributed by atoms with Crippen molar-refractivity contribution in [2.24, 2.45) is 17.7 Å². The molecule has 3 unspecified atom stereocenters. The van der Waals surface area contributed by atoms with Crippen LogP contribution in [0.2, 0.25) is 0 Å². The molecule has 0 aliphatic heterocycles. The number of ether oxygens (including phenoxy) is 1. The fourth-order valence-electron chi connectivity index (χ4n) is 2.20. The number of rotatable bonds is 5. The number of amides is 1. The second kappa shape index (κ2) is 6.86. The van der Waals surface area contributed by atoms with Crippen molar-refractivity contribution in [3.63, 3.8) is 0 Å². The van der Waals surface area contributed by atoms with Crippen LogP contribution in [0.25, 0.3) is 0 Å². The van der Waals surface area contributed by atoms with E-state index >= 15 is 0 Å². The SMILES string of the molecule is CC1CCC(OCCCC(=O)NN)CC1C. The first kappa shape index (κ1) is 13.5. The fourth-order valence-corrected chi connectivity index (χ4v) is 2.20. The molecular weight excluding hydrogens is 204 g/mol. The fraction of sp³-hybridized carbons (Fsp3) is 0.917. The Bertz CT molecular complexity index is 221. The Morgan fingerprint density at radius 2 is 2.12 bits per heavy atom. The van der Waals surface area contributed by atoms with Crippen LogP contribution in [0.5, 0.6) is 0 Å². The van der Waals surface area contributed by atoms with Gasteiger partial charge in [-0.15, -0.1) is 0 Å². The van der Waals surface area contributed by atoms with Gasteiger partial charge >= 0.3 is 0 Å². The predicted octanol–water partition coefficient (Wildman–Crippen LogP) is 1.60. The Kier molecular flexibility index (Phi) is 5.77. The van der Waals surface area contributed by atoms with Gasteiger partial charge in [0.15, 0.2) is 0 Å². The van der Waals surface area contributed by atoms with E-state index < -0.39 is 0 Å². The number of nitrogens with one attached hydrogen (secondary N) is 1. The molecule has 1 amide bonds. The number of nitrogens with two attached hydrogens (primary N) is 1. The summed E-state index contributed by atoms with van der Waals surface area (Å²) in [6, 6.07) is 0. The molecule has 1 rings (SSSR count). The standard InChI is InChI=1S/C12H24N2O2/c1-9-5-6-11(8-10(9)2)16-7-3-4-12(15)14-13/h9-11H,3-8,13H2,1-2H3,(H,14,15). The Balaban J connectivity index is 2.07. The van der Waals surface area contributed by atoms with Crippen LogP contribution in [0, 0.1) is 11.8 Å². The first-order valence-electron chi connectivity index (χ1n) is 6.24. The number of hydrogen-bond donors (Lipinski definition) is 2. The van der Waals surface area contributed by atoms with Crippen molar-refractivity contribution in [3.8, 4) is 0 Å². The van der Waals surface area contributed by atoms with Crippen molar-refractivity contribution < 1.29 is 9.53 Å². The van der Waals surface area contributed by atoms with Gasteiger partial charge in [-0.3, -0.25) is 10.2 Å². The van der Waals surface area contributed by atoms with Crippen molar-refractivity contribution >= 4 is 5.91 Å². The highest BCUT2D eigenvalue weighted by Crippen LogP contribution is 2.30. The highest BCUT2D eigenvalue weighted by atomic mass is 16.5. The summed E-state index contributed by atoms with van der Waals surface area (Å²) in [5.41, 5.74) is 2.12. The zero-order valence-corrected chi connectivity index (χ0v) is 10.4. The van der Waals surface area contributed by atoms with E-state index in [1.807, 2.05) is 0 Å². The zero-order valence-electron chi connectivity index (χ0n) is 10.4. The maximum absolute atomic E-state index is 10.9. The van der Waals surface area contributed by atoms with Gasteiger partial charge in [0, 0.05) is 13.0 Å². The Hall–Kier alpha value is -0.610. The van der Waals surface area contributed by atoms with Crippen LogP contribution >= 0.6 is 0 Å². The third-order valence-electron chi connectivity index (χ3n) is 3.61. The first-order chi connectivity index (χ1) is 7.63. The summed E-state index contributed by atoms with van der Waals surface area (Å²) in [5.74, 6) is 6.45. The molecule has 0 aromatic rings. The highest BCUT2D eigenvalue weighted by molar-refractivity contribution is 5.75. The minimum Gasteiger partial charge on any atom is -0.378 e. The van der Waals surface area contributed by atoms with E-state index in [4.69, 9.17) is 10.6 Å². The lowest BCUT2D eigenvalue weighted by molar-refractivity contribution is -0.121. The van der Waals surface area contributed by atoms with E-state index in [-0.39, 0.29) is 5.91 Å². The molecule has 4 heteroatoms. The number of hydrazine groups is 1. The van der Waals surface area contributed by atoms with Crippen LogP contribution in [0.1, 0.15) is 46.0 Å². The zero-order chi connectivity index (χ0) is 12.0. The van der Waals surface area contributed by atoms with E-state index in [9.17, 15) is 4.79 Å². The predicted molar refractivity (Wildman–Crippen MR) is 63.5 cm³/mol. The molecule has 0 spiro atoms. The summed E-state index contributed by atoms with van der Waals surface area (Å²) in [4.78, 5) is 10.9. The molecular formula is C12H24N2O2. The summed E-state index contributed by atoms with van der Waals surface area (Å²) in [5, 5.41) is 0. The molecule has 94 valence electrons. The molecule has 0 radical (unpaired) electrons. The Morgan fingerprint density at radius 3 is 2.75 bits per heavy atom. The van der Waals surface area contributed by atoms with Gasteiger partial charge in [0.1, 0.15) is 0 Å². The maximum Gasteiger partial charge on any atom is 0.233 e. The lowest BCUT2D eigenvalue weighted by Gasteiger charge is -2.31. The van der Waals surface area contributed by atoms with E-state index in [1.54, 1.807) is 0 Å². The molecule has 1 fully saturated rings. The van der Waals surface area contributed by atoms with Gasteiger partial charge < -0.3 is 4.74 Å². The average Bonchev–Trinajstić information content (AvgIpc) is 2.28. The van der Waals surface area contributed by atoms with Crippen LogP contribution in [-0.4, -0.2) is 18.6 Å². The summed E-state index contributed by atoms with van der Waals surface area (Å²) in [6.45, 7) is 5.27. The van der Waals surface area contributed by atoms with Gasteiger partial charge in [0.25, 0.3) is 0 Å². The third-order valence-corrected chi connectivity index (χ3v) is 3.61.